The number of amides is 1. The predicted molar refractivity (Wildman–Crippen MR) is 139 cm³/mol. The van der Waals surface area contributed by atoms with Crippen LogP contribution in [-0.4, -0.2) is 91.5 Å². The number of carbonyl (C=O) groups is 1. The zero-order valence-corrected chi connectivity index (χ0v) is 21.2. The molecule has 3 aromatic rings. The molecule has 13 heteroatoms. The van der Waals surface area contributed by atoms with Crippen molar-refractivity contribution in [2.24, 2.45) is 4.99 Å². The maximum absolute atomic E-state index is 12.5. The number of ether oxygens (including phenoxy) is 1. The van der Waals surface area contributed by atoms with E-state index in [4.69, 9.17) is 14.7 Å². The number of anilines is 1. The molecule has 0 aromatic carbocycles. The van der Waals surface area contributed by atoms with Gasteiger partial charge in [0, 0.05) is 36.5 Å². The second-order valence-corrected chi connectivity index (χ2v) is 10.3. The van der Waals surface area contributed by atoms with Crippen LogP contribution in [0.3, 0.4) is 0 Å². The van der Waals surface area contributed by atoms with Crippen LogP contribution in [0.4, 0.5) is 5.82 Å². The van der Waals surface area contributed by atoms with Crippen molar-refractivity contribution in [1.29, 1.82) is 0 Å². The van der Waals surface area contributed by atoms with Gasteiger partial charge in [-0.2, -0.15) is 9.61 Å². The van der Waals surface area contributed by atoms with Crippen molar-refractivity contribution in [3.05, 3.63) is 39.1 Å². The number of hydrogen-bond donors (Lipinski definition) is 5. The number of fused-ring (bicyclic) bond motifs is 1. The summed E-state index contributed by atoms with van der Waals surface area (Å²) >= 11 is 0. The molecule has 0 bridgehead atoms. The van der Waals surface area contributed by atoms with Crippen LogP contribution in [0, 0.1) is 0 Å². The average molecular weight is 524 g/mol. The summed E-state index contributed by atoms with van der Waals surface area (Å²) in [6, 6.07) is 2.64. The van der Waals surface area contributed by atoms with Gasteiger partial charge < -0.3 is 25.5 Å². The van der Waals surface area contributed by atoms with E-state index >= 15 is 0 Å². The molecule has 1 saturated heterocycles. The fourth-order valence-corrected chi connectivity index (χ4v) is 5.10. The molecule has 2 aliphatic carbocycles. The molecule has 6 rings (SSSR count). The number of aromatic nitrogens is 5. The summed E-state index contributed by atoms with van der Waals surface area (Å²) in [7, 11) is 0. The van der Waals surface area contributed by atoms with Crippen LogP contribution >= 0.6 is 0 Å². The van der Waals surface area contributed by atoms with Crippen LogP contribution in [0.5, 0.6) is 5.88 Å². The lowest BCUT2D eigenvalue weighted by Gasteiger charge is -2.31. The molecule has 2 saturated carbocycles. The van der Waals surface area contributed by atoms with Crippen LogP contribution in [0.2, 0.25) is 0 Å². The third-order valence-corrected chi connectivity index (χ3v) is 7.29. The predicted octanol–water partition coefficient (Wildman–Crippen LogP) is -0.766. The molecule has 0 atom stereocenters. The first kappa shape index (κ1) is 24.6. The highest BCUT2D eigenvalue weighted by Crippen LogP contribution is 2.23. The molecular weight excluding hydrogens is 490 g/mol. The minimum absolute atomic E-state index is 0.0843. The molecule has 1 aliphatic heterocycles. The van der Waals surface area contributed by atoms with Crippen molar-refractivity contribution in [3.63, 3.8) is 0 Å². The second kappa shape index (κ2) is 10.6. The van der Waals surface area contributed by atoms with E-state index in [-0.39, 0.29) is 29.6 Å². The lowest BCUT2D eigenvalue weighted by Crippen LogP contribution is -2.47. The molecule has 38 heavy (non-hydrogen) atoms. The number of rotatable bonds is 7. The Bertz CT molecular complexity index is 1470. The first-order chi connectivity index (χ1) is 18.5. The Labute approximate surface area is 218 Å². The monoisotopic (exact) mass is 523 g/mol. The van der Waals surface area contributed by atoms with E-state index in [1.165, 1.54) is 0 Å². The van der Waals surface area contributed by atoms with E-state index in [1.54, 1.807) is 16.8 Å². The Hall–Kier alpha value is -3.71. The Morgan fingerprint density at radius 1 is 1.16 bits per heavy atom. The fourth-order valence-electron chi connectivity index (χ4n) is 5.10. The van der Waals surface area contributed by atoms with E-state index < -0.39 is 5.69 Å². The molecule has 202 valence electrons. The van der Waals surface area contributed by atoms with Crippen molar-refractivity contribution in [1.82, 2.24) is 34.8 Å². The second-order valence-electron chi connectivity index (χ2n) is 10.3. The molecule has 3 aromatic heterocycles. The van der Waals surface area contributed by atoms with E-state index in [0.717, 1.165) is 57.1 Å². The summed E-state index contributed by atoms with van der Waals surface area (Å²) < 4.78 is 7.05. The highest BCUT2D eigenvalue weighted by Gasteiger charge is 2.24. The van der Waals surface area contributed by atoms with Gasteiger partial charge in [-0.3, -0.25) is 19.7 Å². The summed E-state index contributed by atoms with van der Waals surface area (Å²) in [4.78, 5) is 40.7. The van der Waals surface area contributed by atoms with E-state index in [1.807, 2.05) is 6.07 Å². The molecule has 1 amide bonds. The highest BCUT2D eigenvalue weighted by molar-refractivity contribution is 5.78. The molecule has 5 N–H and O–H groups in total. The number of hydrogen-bond acceptors (Lipinski definition) is 9. The Morgan fingerprint density at radius 3 is 2.63 bits per heavy atom. The number of aromatic hydroxyl groups is 1. The SMILES string of the molecule is O=C(CN1CCOCC1)NC1CCC(Nc2cc(=NC3CC3)n3nc/c(=C\c4[nH]c(=O)[nH]c4O)c3n2)CC1. The lowest BCUT2D eigenvalue weighted by atomic mass is 9.91. The third kappa shape index (κ3) is 5.73. The minimum Gasteiger partial charge on any atom is -0.493 e. The highest BCUT2D eigenvalue weighted by atomic mass is 16.5. The summed E-state index contributed by atoms with van der Waals surface area (Å²) in [5.74, 6) is 0.556. The summed E-state index contributed by atoms with van der Waals surface area (Å²) in [6.07, 6.45) is 9.05. The van der Waals surface area contributed by atoms with E-state index in [9.17, 15) is 14.7 Å². The smallest absolute Gasteiger partial charge is 0.326 e. The molecular formula is C25H33N9O4. The van der Waals surface area contributed by atoms with E-state index in [0.29, 0.717) is 42.5 Å². The van der Waals surface area contributed by atoms with Gasteiger partial charge in [0.05, 0.1) is 32.0 Å². The summed E-state index contributed by atoms with van der Waals surface area (Å²) in [5.41, 5.74) is 1.08. The van der Waals surface area contributed by atoms with Crippen molar-refractivity contribution < 1.29 is 14.6 Å². The standard InChI is InChI=1S/C25H33N9O4/c35-22(14-33-7-9-38-10-8-33)29-18-5-1-16(2-6-18)27-20-12-21(28-17-3-4-17)34-23(31-20)15(13-26-34)11-19-24(36)32-25(37)30-19/h11-13,16-18,27,36H,1-10,14H2,(H,29,35)(H2,30,32,37)/b15-11+,28-21?. The van der Waals surface area contributed by atoms with Gasteiger partial charge in [0.15, 0.2) is 11.1 Å². The quantitative estimate of drug-likeness (QED) is 0.269. The van der Waals surface area contributed by atoms with Crippen molar-refractivity contribution in [2.75, 3.05) is 38.2 Å². The van der Waals surface area contributed by atoms with E-state index in [2.05, 4.69) is 30.6 Å². The average Bonchev–Trinajstić information content (AvgIpc) is 3.54. The minimum atomic E-state index is -0.488. The lowest BCUT2D eigenvalue weighted by molar-refractivity contribution is -0.124. The Morgan fingerprint density at radius 2 is 1.92 bits per heavy atom. The van der Waals surface area contributed by atoms with Crippen LogP contribution in [0.15, 0.2) is 22.1 Å². The van der Waals surface area contributed by atoms with Crippen molar-refractivity contribution in [3.8, 4) is 5.88 Å². The van der Waals surface area contributed by atoms with Gasteiger partial charge >= 0.3 is 5.69 Å². The van der Waals surface area contributed by atoms with Gasteiger partial charge in [0.25, 0.3) is 0 Å². The van der Waals surface area contributed by atoms with Gasteiger partial charge in [-0.25, -0.2) is 9.78 Å². The number of nitrogens with one attached hydrogen (secondary N) is 4. The van der Waals surface area contributed by atoms with Crippen LogP contribution in [0.1, 0.15) is 44.2 Å². The molecule has 3 fully saturated rings. The van der Waals surface area contributed by atoms with Gasteiger partial charge in [0.2, 0.25) is 11.8 Å². The van der Waals surface area contributed by atoms with Gasteiger partial charge in [-0.15, -0.1) is 0 Å². The largest absolute Gasteiger partial charge is 0.493 e. The van der Waals surface area contributed by atoms with Gasteiger partial charge in [-0.05, 0) is 44.6 Å². The molecule has 4 heterocycles. The fraction of sp³-hybridized carbons (Fsp3) is 0.560. The van der Waals surface area contributed by atoms with Crippen molar-refractivity contribution in [2.45, 2.75) is 56.7 Å². The Balaban J connectivity index is 1.15. The summed E-state index contributed by atoms with van der Waals surface area (Å²) in [6.45, 7) is 3.41. The number of H-pyrrole nitrogens is 2. The molecule has 0 unspecified atom stereocenters. The zero-order chi connectivity index (χ0) is 26.1. The Kier molecular flexibility index (Phi) is 6.85. The number of nitrogens with zero attached hydrogens (tertiary/aromatic N) is 5. The van der Waals surface area contributed by atoms with Gasteiger partial charge in [0.1, 0.15) is 11.5 Å². The molecule has 13 nitrogen and oxygen atoms in total. The number of carbonyl (C=O) groups excluding carboxylic acids is 1. The maximum Gasteiger partial charge on any atom is 0.326 e. The molecule has 3 aliphatic rings. The first-order valence-corrected chi connectivity index (χ1v) is 13.3. The molecule has 0 spiro atoms. The topological polar surface area (TPSA) is 165 Å². The third-order valence-electron chi connectivity index (χ3n) is 7.29. The maximum atomic E-state index is 12.5. The normalized spacial score (nSPS) is 23.7. The number of aromatic amines is 2. The number of imidazole rings is 1. The molecule has 0 radical (unpaired) electrons. The zero-order valence-electron chi connectivity index (χ0n) is 21.2. The van der Waals surface area contributed by atoms with Gasteiger partial charge in [-0.1, -0.05) is 0 Å². The number of morpholine rings is 1. The first-order valence-electron chi connectivity index (χ1n) is 13.3. The van der Waals surface area contributed by atoms with Crippen LogP contribution < -0.4 is 27.0 Å². The van der Waals surface area contributed by atoms with Crippen molar-refractivity contribution >= 4 is 23.4 Å². The van der Waals surface area contributed by atoms with Crippen LogP contribution in [-0.2, 0) is 9.53 Å². The summed E-state index contributed by atoms with van der Waals surface area (Å²) in [5, 5.41) is 21.9. The van der Waals surface area contributed by atoms with Crippen LogP contribution in [0.25, 0.3) is 11.7 Å².